The van der Waals surface area contributed by atoms with E-state index < -0.39 is 0 Å². The first-order valence-corrected chi connectivity index (χ1v) is 7.71. The van der Waals surface area contributed by atoms with Crippen molar-refractivity contribution >= 4 is 11.8 Å². The Hall–Kier alpha value is -1.46. The number of hydrogen-bond acceptors (Lipinski definition) is 4. The van der Waals surface area contributed by atoms with Crippen molar-refractivity contribution in [2.75, 3.05) is 6.61 Å². The lowest BCUT2D eigenvalue weighted by Gasteiger charge is -2.13. The van der Waals surface area contributed by atoms with Crippen LogP contribution in [-0.4, -0.2) is 16.4 Å². The molecule has 1 aromatic carbocycles. The predicted molar refractivity (Wildman–Crippen MR) is 83.0 cm³/mol. The summed E-state index contributed by atoms with van der Waals surface area (Å²) < 4.78 is 7.50. The SMILES string of the molecule is CCOc1ccc(C(C)N)cc1CSc1cnn(C)c1. The summed E-state index contributed by atoms with van der Waals surface area (Å²) in [7, 11) is 1.92. The van der Waals surface area contributed by atoms with Gasteiger partial charge in [-0.1, -0.05) is 6.07 Å². The maximum absolute atomic E-state index is 5.96. The third kappa shape index (κ3) is 3.77. The molecule has 0 saturated heterocycles. The Kier molecular flexibility index (Phi) is 5.09. The van der Waals surface area contributed by atoms with Crippen LogP contribution in [0.15, 0.2) is 35.5 Å². The molecule has 5 heteroatoms. The van der Waals surface area contributed by atoms with Crippen LogP contribution in [0, 0.1) is 0 Å². The Bertz CT molecular complexity index is 566. The second kappa shape index (κ2) is 6.81. The lowest BCUT2D eigenvalue weighted by molar-refractivity contribution is 0.337. The molecule has 0 aliphatic rings. The molecule has 2 aromatic rings. The first-order chi connectivity index (χ1) is 9.60. The summed E-state index contributed by atoms with van der Waals surface area (Å²) in [6.07, 6.45) is 3.89. The van der Waals surface area contributed by atoms with Gasteiger partial charge in [-0.25, -0.2) is 0 Å². The van der Waals surface area contributed by atoms with Crippen molar-refractivity contribution in [3.05, 3.63) is 41.7 Å². The van der Waals surface area contributed by atoms with Gasteiger partial charge in [-0.05, 0) is 31.5 Å². The van der Waals surface area contributed by atoms with E-state index in [2.05, 4.69) is 11.2 Å². The van der Waals surface area contributed by atoms with Crippen molar-refractivity contribution in [2.24, 2.45) is 12.8 Å². The van der Waals surface area contributed by atoms with E-state index in [4.69, 9.17) is 10.5 Å². The van der Waals surface area contributed by atoms with Gasteiger partial charge in [0.15, 0.2) is 0 Å². The van der Waals surface area contributed by atoms with Gasteiger partial charge in [0.2, 0.25) is 0 Å². The van der Waals surface area contributed by atoms with Crippen LogP contribution in [0.1, 0.15) is 31.0 Å². The second-order valence-electron chi connectivity index (χ2n) is 4.73. The fourth-order valence-electron chi connectivity index (χ4n) is 1.93. The van der Waals surface area contributed by atoms with E-state index in [0.717, 1.165) is 22.0 Å². The molecule has 20 heavy (non-hydrogen) atoms. The van der Waals surface area contributed by atoms with Gasteiger partial charge in [0.05, 0.1) is 12.8 Å². The number of ether oxygens (including phenoxy) is 1. The highest BCUT2D eigenvalue weighted by molar-refractivity contribution is 7.98. The Morgan fingerprint density at radius 3 is 2.85 bits per heavy atom. The van der Waals surface area contributed by atoms with Gasteiger partial charge in [-0.3, -0.25) is 4.68 Å². The minimum Gasteiger partial charge on any atom is -0.494 e. The van der Waals surface area contributed by atoms with Crippen LogP contribution in [0.2, 0.25) is 0 Å². The maximum Gasteiger partial charge on any atom is 0.123 e. The predicted octanol–water partition coefficient (Wildman–Crippen LogP) is 3.13. The molecule has 0 radical (unpaired) electrons. The molecule has 0 saturated carbocycles. The Morgan fingerprint density at radius 2 is 2.25 bits per heavy atom. The van der Waals surface area contributed by atoms with Gasteiger partial charge in [-0.15, -0.1) is 11.8 Å². The molecule has 1 heterocycles. The average Bonchev–Trinajstić information content (AvgIpc) is 2.83. The molecule has 0 spiro atoms. The zero-order valence-electron chi connectivity index (χ0n) is 12.2. The largest absolute Gasteiger partial charge is 0.494 e. The Morgan fingerprint density at radius 1 is 1.45 bits per heavy atom. The number of benzene rings is 1. The quantitative estimate of drug-likeness (QED) is 0.831. The molecule has 2 N–H and O–H groups in total. The molecule has 0 aliphatic carbocycles. The van der Waals surface area contributed by atoms with Crippen molar-refractivity contribution in [3.8, 4) is 5.75 Å². The van der Waals surface area contributed by atoms with Gasteiger partial charge >= 0.3 is 0 Å². The van der Waals surface area contributed by atoms with Gasteiger partial charge in [0.25, 0.3) is 0 Å². The summed E-state index contributed by atoms with van der Waals surface area (Å²) >= 11 is 1.75. The lowest BCUT2D eigenvalue weighted by atomic mass is 10.1. The number of nitrogens with zero attached hydrogens (tertiary/aromatic N) is 2. The smallest absolute Gasteiger partial charge is 0.123 e. The zero-order valence-corrected chi connectivity index (χ0v) is 13.0. The standard InChI is InChI=1S/C15H21N3OS/c1-4-19-15-6-5-12(11(2)16)7-13(15)10-20-14-8-17-18(3)9-14/h5-9,11H,4,10,16H2,1-3H3. The van der Waals surface area contributed by atoms with E-state index in [-0.39, 0.29) is 6.04 Å². The highest BCUT2D eigenvalue weighted by Crippen LogP contribution is 2.29. The number of thioether (sulfide) groups is 1. The summed E-state index contributed by atoms with van der Waals surface area (Å²) in [5.41, 5.74) is 8.27. The minimum absolute atomic E-state index is 0.0350. The fourth-order valence-corrected chi connectivity index (χ4v) is 2.82. The molecule has 0 fully saturated rings. The Labute approximate surface area is 124 Å². The van der Waals surface area contributed by atoms with Crippen LogP contribution >= 0.6 is 11.8 Å². The highest BCUT2D eigenvalue weighted by atomic mass is 32.2. The minimum atomic E-state index is 0.0350. The first kappa shape index (κ1) is 14.9. The van der Waals surface area contributed by atoms with E-state index >= 15 is 0 Å². The fraction of sp³-hybridized carbons (Fsp3) is 0.400. The van der Waals surface area contributed by atoms with Gasteiger partial charge in [0.1, 0.15) is 5.75 Å². The zero-order chi connectivity index (χ0) is 14.5. The Balaban J connectivity index is 2.16. The van der Waals surface area contributed by atoms with Crippen molar-refractivity contribution in [1.29, 1.82) is 0 Å². The van der Waals surface area contributed by atoms with Crippen molar-refractivity contribution < 1.29 is 4.74 Å². The lowest BCUT2D eigenvalue weighted by Crippen LogP contribution is -2.06. The monoisotopic (exact) mass is 291 g/mol. The van der Waals surface area contributed by atoms with E-state index in [1.807, 2.05) is 50.1 Å². The van der Waals surface area contributed by atoms with Crippen LogP contribution in [-0.2, 0) is 12.8 Å². The first-order valence-electron chi connectivity index (χ1n) is 6.72. The molecule has 2 rings (SSSR count). The van der Waals surface area contributed by atoms with Gasteiger partial charge in [-0.2, -0.15) is 5.10 Å². The molecule has 1 unspecified atom stereocenters. The average molecular weight is 291 g/mol. The molecule has 4 nitrogen and oxygen atoms in total. The number of rotatable bonds is 6. The molecular formula is C15H21N3OS. The molecule has 0 aliphatic heterocycles. The van der Waals surface area contributed by atoms with Crippen LogP contribution in [0.3, 0.4) is 0 Å². The third-order valence-corrected chi connectivity index (χ3v) is 3.99. The molecule has 1 aromatic heterocycles. The maximum atomic E-state index is 5.96. The van der Waals surface area contributed by atoms with Crippen LogP contribution in [0.5, 0.6) is 5.75 Å². The third-order valence-electron chi connectivity index (χ3n) is 2.99. The summed E-state index contributed by atoms with van der Waals surface area (Å²) in [6.45, 7) is 4.66. The molecule has 0 bridgehead atoms. The number of nitrogens with two attached hydrogens (primary N) is 1. The summed E-state index contributed by atoms with van der Waals surface area (Å²) in [4.78, 5) is 1.15. The van der Waals surface area contributed by atoms with E-state index in [1.54, 1.807) is 11.8 Å². The summed E-state index contributed by atoms with van der Waals surface area (Å²) in [5, 5.41) is 4.18. The van der Waals surface area contributed by atoms with Crippen molar-refractivity contribution in [1.82, 2.24) is 9.78 Å². The van der Waals surface area contributed by atoms with E-state index in [9.17, 15) is 0 Å². The summed E-state index contributed by atoms with van der Waals surface area (Å²) in [6, 6.07) is 6.22. The molecule has 0 amide bonds. The van der Waals surface area contributed by atoms with Gasteiger partial charge < -0.3 is 10.5 Å². The topological polar surface area (TPSA) is 53.1 Å². The molecule has 108 valence electrons. The number of aryl methyl sites for hydroxylation is 1. The van der Waals surface area contributed by atoms with Gasteiger partial charge in [0, 0.05) is 35.5 Å². The second-order valence-corrected chi connectivity index (χ2v) is 5.78. The van der Waals surface area contributed by atoms with Crippen LogP contribution < -0.4 is 10.5 Å². The molecular weight excluding hydrogens is 270 g/mol. The van der Waals surface area contributed by atoms with E-state index in [0.29, 0.717) is 6.61 Å². The summed E-state index contributed by atoms with van der Waals surface area (Å²) in [5.74, 6) is 1.79. The number of aromatic nitrogens is 2. The molecule has 1 atom stereocenters. The van der Waals surface area contributed by atoms with Crippen molar-refractivity contribution in [3.63, 3.8) is 0 Å². The van der Waals surface area contributed by atoms with Crippen molar-refractivity contribution in [2.45, 2.75) is 30.5 Å². The highest BCUT2D eigenvalue weighted by Gasteiger charge is 2.09. The van der Waals surface area contributed by atoms with Crippen LogP contribution in [0.4, 0.5) is 0 Å². The van der Waals surface area contributed by atoms with Crippen LogP contribution in [0.25, 0.3) is 0 Å². The van der Waals surface area contributed by atoms with E-state index in [1.165, 1.54) is 5.56 Å². The number of hydrogen-bond donors (Lipinski definition) is 1. The normalized spacial score (nSPS) is 12.4.